The van der Waals surface area contributed by atoms with E-state index in [-0.39, 0.29) is 11.6 Å². The van der Waals surface area contributed by atoms with Gasteiger partial charge in [0.2, 0.25) is 0 Å². The lowest BCUT2D eigenvalue weighted by atomic mass is 9.96. The summed E-state index contributed by atoms with van der Waals surface area (Å²) in [6.07, 6.45) is 4.51. The fourth-order valence-electron chi connectivity index (χ4n) is 5.57. The van der Waals surface area contributed by atoms with Gasteiger partial charge in [-0.15, -0.1) is 0 Å². The summed E-state index contributed by atoms with van der Waals surface area (Å²) in [7, 11) is 3.16. The topological polar surface area (TPSA) is 155 Å². The Hall–Kier alpha value is -5.48. The lowest BCUT2D eigenvalue weighted by molar-refractivity contribution is -0.124. The molecule has 254 valence electrons. The number of methoxy groups -OCH3 is 2. The number of hydrogen-bond acceptors (Lipinski definition) is 10. The van der Waals surface area contributed by atoms with Crippen LogP contribution in [0.2, 0.25) is 0 Å². The van der Waals surface area contributed by atoms with Gasteiger partial charge in [0.05, 0.1) is 31.0 Å². The maximum absolute atomic E-state index is 14.9. The summed E-state index contributed by atoms with van der Waals surface area (Å²) in [6, 6.07) is 21.6. The van der Waals surface area contributed by atoms with Crippen LogP contribution in [0.4, 0.5) is 10.2 Å². The first kappa shape index (κ1) is 34.8. The molecule has 0 unspecified atom stereocenters. The second-order valence-electron chi connectivity index (χ2n) is 11.5. The number of benzene rings is 3. The van der Waals surface area contributed by atoms with Crippen molar-refractivity contribution in [2.24, 2.45) is 5.73 Å². The van der Waals surface area contributed by atoms with Gasteiger partial charge in [0, 0.05) is 49.9 Å². The zero-order valence-electron chi connectivity index (χ0n) is 27.4. The van der Waals surface area contributed by atoms with Crippen LogP contribution < -0.4 is 35.6 Å². The highest BCUT2D eigenvalue weighted by atomic mass is 19.1. The molecule has 1 amide bonds. The maximum Gasteiger partial charge on any atom is 0.267 e. The van der Waals surface area contributed by atoms with Crippen molar-refractivity contribution in [1.82, 2.24) is 15.8 Å². The molecule has 0 radical (unpaired) electrons. The molecule has 0 saturated carbocycles. The number of nitriles is 1. The van der Waals surface area contributed by atoms with Crippen molar-refractivity contribution in [3.8, 4) is 45.7 Å². The fourth-order valence-corrected chi connectivity index (χ4v) is 5.57. The van der Waals surface area contributed by atoms with Crippen LogP contribution in [0.3, 0.4) is 0 Å². The lowest BCUT2D eigenvalue weighted by Crippen LogP contribution is -2.40. The van der Waals surface area contributed by atoms with Gasteiger partial charge in [0.1, 0.15) is 30.1 Å². The number of anilines is 1. The van der Waals surface area contributed by atoms with E-state index in [2.05, 4.69) is 10.2 Å². The molecule has 1 aliphatic heterocycles. The third-order valence-corrected chi connectivity index (χ3v) is 8.25. The Kier molecular flexibility index (Phi) is 11.8. The van der Waals surface area contributed by atoms with Crippen molar-refractivity contribution in [2.45, 2.75) is 25.4 Å². The monoisotopic (exact) mass is 666 g/mol. The lowest BCUT2D eigenvalue weighted by Gasteiger charge is -2.32. The molecular weight excluding hydrogens is 627 g/mol. The van der Waals surface area contributed by atoms with Crippen molar-refractivity contribution in [3.63, 3.8) is 0 Å². The molecule has 1 aromatic heterocycles. The normalized spacial score (nSPS) is 13.3. The summed E-state index contributed by atoms with van der Waals surface area (Å²) >= 11 is 0. The summed E-state index contributed by atoms with van der Waals surface area (Å²) in [4.78, 5) is 18.4. The molecule has 5 N–H and O–H groups in total. The fraction of sp³-hybridized carbons (Fsp3) is 0.270. The van der Waals surface area contributed by atoms with Gasteiger partial charge in [0.25, 0.3) is 5.91 Å². The van der Waals surface area contributed by atoms with E-state index in [4.69, 9.17) is 30.1 Å². The number of aromatic nitrogens is 1. The Morgan fingerprint density at radius 2 is 1.78 bits per heavy atom. The Morgan fingerprint density at radius 1 is 1.04 bits per heavy atom. The molecule has 4 aromatic rings. The summed E-state index contributed by atoms with van der Waals surface area (Å²) in [5.74, 6) is 1.08. The molecule has 1 fully saturated rings. The van der Waals surface area contributed by atoms with Crippen LogP contribution in [0.25, 0.3) is 28.5 Å². The molecule has 49 heavy (non-hydrogen) atoms. The van der Waals surface area contributed by atoms with E-state index in [1.54, 1.807) is 37.9 Å². The summed E-state index contributed by atoms with van der Waals surface area (Å²) in [5.41, 5.74) is 11.9. The first-order valence-corrected chi connectivity index (χ1v) is 15.9. The van der Waals surface area contributed by atoms with Crippen LogP contribution in [-0.2, 0) is 11.3 Å². The number of hydroxylamine groups is 1. The number of amides is 1. The van der Waals surface area contributed by atoms with Crippen molar-refractivity contribution in [2.75, 3.05) is 45.4 Å². The predicted octanol–water partition coefficient (Wildman–Crippen LogP) is 5.06. The van der Waals surface area contributed by atoms with Crippen molar-refractivity contribution in [3.05, 3.63) is 95.3 Å². The molecule has 1 saturated heterocycles. The van der Waals surface area contributed by atoms with Crippen LogP contribution >= 0.6 is 0 Å². The number of ether oxygens (including phenoxy) is 3. The molecule has 0 bridgehead atoms. The van der Waals surface area contributed by atoms with Crippen LogP contribution in [0.15, 0.2) is 72.8 Å². The Bertz CT molecular complexity index is 1830. The Labute approximate surface area is 284 Å². The van der Waals surface area contributed by atoms with Gasteiger partial charge >= 0.3 is 0 Å². The third kappa shape index (κ3) is 8.71. The van der Waals surface area contributed by atoms with Crippen LogP contribution in [0, 0.1) is 17.1 Å². The highest BCUT2D eigenvalue weighted by Gasteiger charge is 2.24. The van der Waals surface area contributed by atoms with Crippen molar-refractivity contribution >= 4 is 17.8 Å². The highest BCUT2D eigenvalue weighted by molar-refractivity contribution is 5.91. The van der Waals surface area contributed by atoms with E-state index in [0.717, 1.165) is 42.6 Å². The second-order valence-corrected chi connectivity index (χ2v) is 11.5. The van der Waals surface area contributed by atoms with Gasteiger partial charge in [0.15, 0.2) is 11.5 Å². The number of halogens is 1. The molecule has 5 rings (SSSR count). The van der Waals surface area contributed by atoms with Gasteiger partial charge in [-0.25, -0.2) is 14.9 Å². The van der Waals surface area contributed by atoms with Gasteiger partial charge in [-0.2, -0.15) is 5.26 Å². The van der Waals surface area contributed by atoms with Gasteiger partial charge < -0.3 is 30.2 Å². The van der Waals surface area contributed by atoms with Crippen LogP contribution in [0.1, 0.15) is 29.5 Å². The van der Waals surface area contributed by atoms with E-state index in [9.17, 15) is 14.4 Å². The molecule has 1 aliphatic rings. The quantitative estimate of drug-likeness (QED) is 0.0659. The number of nitrogens with zero attached hydrogens (tertiary/aromatic N) is 3. The summed E-state index contributed by atoms with van der Waals surface area (Å²) in [6.45, 7) is 2.96. The molecule has 12 heteroatoms. The van der Waals surface area contributed by atoms with Gasteiger partial charge in [-0.1, -0.05) is 36.4 Å². The standard InChI is InChI=1S/C37H39FN6O5/c1-47-31-11-10-26(20-32(31)49-18-15-41-23-25-5-3-24(4-6-25)7-12-35(45)43-46)36-33(48-2)21-34(44-16-13-29(40)14-17-44)42-37(36)27-8-9-28(22-39)30(38)19-27/h3-12,19-21,29,41,46H,13-18,23,40H2,1-2H3,(H,43,45)/b12-7+. The predicted molar refractivity (Wildman–Crippen MR) is 185 cm³/mol. The van der Waals surface area contributed by atoms with E-state index < -0.39 is 11.7 Å². The molecule has 0 aliphatic carbocycles. The van der Waals surface area contributed by atoms with E-state index in [1.807, 2.05) is 48.5 Å². The third-order valence-electron chi connectivity index (χ3n) is 8.25. The average Bonchev–Trinajstić information content (AvgIpc) is 3.13. The van der Waals surface area contributed by atoms with E-state index >= 15 is 0 Å². The molecule has 0 atom stereocenters. The first-order chi connectivity index (χ1) is 23.8. The number of hydrogen-bond donors (Lipinski definition) is 4. The van der Waals surface area contributed by atoms with Crippen LogP contribution in [0.5, 0.6) is 17.2 Å². The van der Waals surface area contributed by atoms with Crippen molar-refractivity contribution in [1.29, 1.82) is 5.26 Å². The molecule has 2 heterocycles. The summed E-state index contributed by atoms with van der Waals surface area (Å²) in [5, 5.41) is 21.3. The summed E-state index contributed by atoms with van der Waals surface area (Å²) < 4.78 is 32.6. The molecule has 11 nitrogen and oxygen atoms in total. The largest absolute Gasteiger partial charge is 0.496 e. The minimum atomic E-state index is -0.632. The zero-order chi connectivity index (χ0) is 34.8. The minimum absolute atomic E-state index is 0.0500. The van der Waals surface area contributed by atoms with Crippen molar-refractivity contribution < 1.29 is 28.6 Å². The first-order valence-electron chi connectivity index (χ1n) is 15.9. The molecule has 0 spiro atoms. The maximum atomic E-state index is 14.9. The number of nitrogens with two attached hydrogens (primary N) is 1. The van der Waals surface area contributed by atoms with Gasteiger partial charge in [-0.05, 0) is 59.9 Å². The van der Waals surface area contributed by atoms with E-state index in [0.29, 0.717) is 59.6 Å². The van der Waals surface area contributed by atoms with Crippen LogP contribution in [-0.4, -0.2) is 62.6 Å². The Morgan fingerprint density at radius 3 is 2.45 bits per heavy atom. The number of carbonyl (C=O) groups excluding carboxylic acids is 1. The minimum Gasteiger partial charge on any atom is -0.496 e. The van der Waals surface area contributed by atoms with E-state index in [1.165, 1.54) is 18.2 Å². The zero-order valence-corrected chi connectivity index (χ0v) is 27.4. The number of carbonyl (C=O) groups is 1. The number of piperidine rings is 1. The molecular formula is C37H39FN6O5. The average molecular weight is 667 g/mol. The smallest absolute Gasteiger partial charge is 0.267 e. The Balaban J connectivity index is 1.37. The number of nitrogens with one attached hydrogen (secondary N) is 2. The number of pyridine rings is 1. The SMILES string of the molecule is COc1ccc(-c2c(OC)cc(N3CCC(N)CC3)nc2-c2ccc(C#N)c(F)c2)cc1OCCNCc1ccc(/C=C/C(=O)NO)cc1. The number of rotatable bonds is 13. The highest BCUT2D eigenvalue weighted by Crippen LogP contribution is 2.43. The molecule has 3 aromatic carbocycles. The second kappa shape index (κ2) is 16.6. The van der Waals surface area contributed by atoms with Gasteiger partial charge in [-0.3, -0.25) is 10.0 Å².